The van der Waals surface area contributed by atoms with E-state index < -0.39 is 0 Å². The largest absolute Gasteiger partial charge is 0.356 e. The Bertz CT molecular complexity index is 275. The Morgan fingerprint density at radius 2 is 1.94 bits per heavy atom. The van der Waals surface area contributed by atoms with Gasteiger partial charge in [-0.2, -0.15) is 0 Å². The summed E-state index contributed by atoms with van der Waals surface area (Å²) in [5.74, 6) is 1.30. The third-order valence-corrected chi connectivity index (χ3v) is 3.85. The first-order chi connectivity index (χ1) is 7.84. The van der Waals surface area contributed by atoms with Gasteiger partial charge in [-0.1, -0.05) is 20.8 Å². The van der Waals surface area contributed by atoms with E-state index in [1.807, 2.05) is 19.1 Å². The SMILES string of the molecule is CO[C@H]1O[C@H]([C@@H](NN(C)C)C(C)(C)C)[C@@H]2C[C@H]12. The van der Waals surface area contributed by atoms with Crippen LogP contribution in [0.3, 0.4) is 0 Å². The predicted molar refractivity (Wildman–Crippen MR) is 67.3 cm³/mol. The molecule has 2 rings (SSSR count). The molecule has 1 N–H and O–H groups in total. The summed E-state index contributed by atoms with van der Waals surface area (Å²) in [6.45, 7) is 6.78. The van der Waals surface area contributed by atoms with Crippen LogP contribution in [0.25, 0.3) is 0 Å². The van der Waals surface area contributed by atoms with Crippen molar-refractivity contribution in [2.45, 2.75) is 45.6 Å². The second kappa shape index (κ2) is 4.50. The van der Waals surface area contributed by atoms with Crippen molar-refractivity contribution in [1.82, 2.24) is 10.4 Å². The molecule has 0 amide bonds. The lowest BCUT2D eigenvalue weighted by Gasteiger charge is -2.38. The van der Waals surface area contributed by atoms with Crippen LogP contribution in [-0.2, 0) is 9.47 Å². The van der Waals surface area contributed by atoms with E-state index in [1.54, 1.807) is 7.11 Å². The monoisotopic (exact) mass is 242 g/mol. The molecule has 0 aromatic rings. The molecule has 1 saturated carbocycles. The minimum atomic E-state index is 0.0128. The molecule has 100 valence electrons. The smallest absolute Gasteiger partial charge is 0.160 e. The number of methoxy groups -OCH3 is 1. The van der Waals surface area contributed by atoms with Gasteiger partial charge < -0.3 is 9.47 Å². The molecule has 2 fully saturated rings. The van der Waals surface area contributed by atoms with Gasteiger partial charge in [-0.05, 0) is 17.8 Å². The maximum absolute atomic E-state index is 6.05. The standard InChI is InChI=1S/C13H26N2O2/c1-13(2,3)11(14-15(4)5)10-8-7-9(8)12(16-6)17-10/h8-12,14H,7H2,1-6H3/t8-,9+,10+,11-,12+/m1/s1. The molecule has 0 bridgehead atoms. The predicted octanol–water partition coefficient (Wildman–Crippen LogP) is 1.47. The summed E-state index contributed by atoms with van der Waals surface area (Å²) in [5, 5.41) is 2.02. The Morgan fingerprint density at radius 1 is 1.29 bits per heavy atom. The van der Waals surface area contributed by atoms with Gasteiger partial charge in [0.1, 0.15) is 0 Å². The van der Waals surface area contributed by atoms with Gasteiger partial charge in [0, 0.05) is 27.1 Å². The van der Waals surface area contributed by atoms with Crippen molar-refractivity contribution in [3.8, 4) is 0 Å². The average molecular weight is 242 g/mol. The van der Waals surface area contributed by atoms with Crippen molar-refractivity contribution in [3.63, 3.8) is 0 Å². The fourth-order valence-corrected chi connectivity index (χ4v) is 2.88. The Kier molecular flexibility index (Phi) is 3.51. The van der Waals surface area contributed by atoms with Crippen molar-refractivity contribution >= 4 is 0 Å². The molecular weight excluding hydrogens is 216 g/mol. The van der Waals surface area contributed by atoms with E-state index in [-0.39, 0.29) is 17.8 Å². The number of fused-ring (bicyclic) bond motifs is 1. The van der Waals surface area contributed by atoms with Gasteiger partial charge in [0.2, 0.25) is 0 Å². The normalized spacial score (nSPS) is 38.3. The lowest BCUT2D eigenvalue weighted by Crippen LogP contribution is -2.54. The van der Waals surface area contributed by atoms with Crippen molar-refractivity contribution in [2.75, 3.05) is 21.2 Å². The molecule has 1 saturated heterocycles. The molecule has 0 radical (unpaired) electrons. The molecule has 1 aliphatic carbocycles. The maximum Gasteiger partial charge on any atom is 0.160 e. The highest BCUT2D eigenvalue weighted by atomic mass is 16.7. The fraction of sp³-hybridized carbons (Fsp3) is 1.00. The van der Waals surface area contributed by atoms with Crippen molar-refractivity contribution in [1.29, 1.82) is 0 Å². The van der Waals surface area contributed by atoms with Crippen molar-refractivity contribution in [3.05, 3.63) is 0 Å². The number of rotatable bonds is 4. The summed E-state index contributed by atoms with van der Waals surface area (Å²) in [7, 11) is 5.81. The molecule has 1 aliphatic heterocycles. The van der Waals surface area contributed by atoms with Crippen LogP contribution in [0, 0.1) is 17.3 Å². The second-order valence-electron chi connectivity index (χ2n) is 6.64. The number of nitrogens with zero attached hydrogens (tertiary/aromatic N) is 1. The number of hydrazine groups is 1. The van der Waals surface area contributed by atoms with Crippen LogP contribution in [-0.4, -0.2) is 44.6 Å². The van der Waals surface area contributed by atoms with Gasteiger partial charge >= 0.3 is 0 Å². The number of hydrogen-bond donors (Lipinski definition) is 1. The van der Waals surface area contributed by atoms with Gasteiger partial charge in [0.25, 0.3) is 0 Å². The van der Waals surface area contributed by atoms with Crippen LogP contribution in [0.5, 0.6) is 0 Å². The van der Waals surface area contributed by atoms with Crippen LogP contribution < -0.4 is 5.43 Å². The average Bonchev–Trinajstić information content (AvgIpc) is 2.89. The van der Waals surface area contributed by atoms with Gasteiger partial charge in [-0.3, -0.25) is 5.01 Å². The summed E-state index contributed by atoms with van der Waals surface area (Å²) in [6, 6.07) is 0.327. The van der Waals surface area contributed by atoms with E-state index in [0.29, 0.717) is 17.9 Å². The van der Waals surface area contributed by atoms with Gasteiger partial charge in [0.15, 0.2) is 6.29 Å². The zero-order valence-electron chi connectivity index (χ0n) is 11.9. The lowest BCUT2D eigenvalue weighted by molar-refractivity contribution is -0.154. The highest BCUT2D eigenvalue weighted by molar-refractivity contribution is 5.05. The first-order valence-corrected chi connectivity index (χ1v) is 6.46. The molecule has 2 aliphatic rings. The van der Waals surface area contributed by atoms with Crippen LogP contribution in [0.1, 0.15) is 27.2 Å². The number of hydrogen-bond acceptors (Lipinski definition) is 4. The van der Waals surface area contributed by atoms with E-state index >= 15 is 0 Å². The van der Waals surface area contributed by atoms with Crippen molar-refractivity contribution in [2.24, 2.45) is 17.3 Å². The molecule has 17 heavy (non-hydrogen) atoms. The number of nitrogens with one attached hydrogen (secondary N) is 1. The fourth-order valence-electron chi connectivity index (χ4n) is 2.88. The van der Waals surface area contributed by atoms with Gasteiger partial charge in [0.05, 0.1) is 12.1 Å². The Balaban J connectivity index is 2.07. The zero-order valence-corrected chi connectivity index (χ0v) is 11.9. The molecule has 0 spiro atoms. The molecular formula is C13H26N2O2. The minimum absolute atomic E-state index is 0.0128. The Labute approximate surface area is 105 Å². The first-order valence-electron chi connectivity index (χ1n) is 6.46. The summed E-state index contributed by atoms with van der Waals surface area (Å²) < 4.78 is 11.5. The van der Waals surface area contributed by atoms with E-state index in [0.717, 1.165) is 0 Å². The second-order valence-corrected chi connectivity index (χ2v) is 6.64. The molecule has 0 aromatic carbocycles. The van der Waals surface area contributed by atoms with Crippen molar-refractivity contribution < 1.29 is 9.47 Å². The maximum atomic E-state index is 6.05. The van der Waals surface area contributed by atoms with Crippen LogP contribution in [0.2, 0.25) is 0 Å². The van der Waals surface area contributed by atoms with E-state index in [2.05, 4.69) is 26.2 Å². The van der Waals surface area contributed by atoms with E-state index in [1.165, 1.54) is 6.42 Å². The third kappa shape index (κ3) is 2.65. The molecule has 0 aromatic heterocycles. The molecule has 1 heterocycles. The topological polar surface area (TPSA) is 33.7 Å². The molecule has 5 atom stereocenters. The third-order valence-electron chi connectivity index (χ3n) is 3.85. The Morgan fingerprint density at radius 3 is 2.35 bits per heavy atom. The van der Waals surface area contributed by atoms with E-state index in [4.69, 9.17) is 9.47 Å². The molecule has 0 unspecified atom stereocenters. The summed E-state index contributed by atoms with van der Waals surface area (Å²) in [5.41, 5.74) is 3.69. The Hall–Kier alpha value is -0.160. The van der Waals surface area contributed by atoms with Crippen LogP contribution in [0.15, 0.2) is 0 Å². The first kappa shape index (κ1) is 13.3. The lowest BCUT2D eigenvalue weighted by atomic mass is 9.82. The highest BCUT2D eigenvalue weighted by Crippen LogP contribution is 2.54. The van der Waals surface area contributed by atoms with Crippen LogP contribution >= 0.6 is 0 Å². The zero-order chi connectivity index (χ0) is 12.8. The summed E-state index contributed by atoms with van der Waals surface area (Å²) >= 11 is 0. The minimum Gasteiger partial charge on any atom is -0.356 e. The quantitative estimate of drug-likeness (QED) is 0.757. The van der Waals surface area contributed by atoms with E-state index in [9.17, 15) is 0 Å². The highest BCUT2D eigenvalue weighted by Gasteiger charge is 2.59. The molecule has 4 nitrogen and oxygen atoms in total. The van der Waals surface area contributed by atoms with Gasteiger partial charge in [-0.15, -0.1) is 0 Å². The summed E-state index contributed by atoms with van der Waals surface area (Å²) in [4.78, 5) is 0. The number of ether oxygens (including phenoxy) is 2. The van der Waals surface area contributed by atoms with Gasteiger partial charge in [-0.25, -0.2) is 5.43 Å². The molecule has 4 heteroatoms. The summed E-state index contributed by atoms with van der Waals surface area (Å²) in [6.07, 6.45) is 1.54. The van der Waals surface area contributed by atoms with Crippen LogP contribution in [0.4, 0.5) is 0 Å².